The Kier molecular flexibility index (Phi) is 77.7. The van der Waals surface area contributed by atoms with E-state index < -0.39 is 91.5 Å². The highest BCUT2D eigenvalue weighted by Crippen LogP contribution is 2.45. The zero-order valence-corrected chi connectivity index (χ0v) is 69.4. The van der Waals surface area contributed by atoms with Gasteiger partial charge in [-0.05, 0) is 161 Å². The van der Waals surface area contributed by atoms with Crippen LogP contribution in [0.25, 0.3) is 0 Å². The van der Waals surface area contributed by atoms with Crippen LogP contribution in [0, 0.1) is 0 Å². The van der Waals surface area contributed by atoms with Gasteiger partial charge in [-0.15, -0.1) is 0 Å². The number of allylic oxidation sites excluding steroid dienone is 32. The molecule has 5 atom stereocenters. The number of carbonyl (C=O) groups excluding carboxylic acids is 3. The van der Waals surface area contributed by atoms with Gasteiger partial charge < -0.3 is 34.2 Å². The van der Waals surface area contributed by atoms with Crippen molar-refractivity contribution in [3.8, 4) is 0 Å². The van der Waals surface area contributed by atoms with Gasteiger partial charge in [0, 0.05) is 19.3 Å². The molecule has 0 saturated heterocycles. The number of unbranched alkanes of at least 4 members (excludes halogenated alkanes) is 22. The predicted molar refractivity (Wildman–Crippen MR) is 454 cm³/mol. The standard InChI is InChI=1S/C91H148O16P2/c1-4-7-10-13-16-19-22-25-28-31-33-35-36-37-38-39-40-41-42-43-44-45-46-47-48-50-52-54-56-59-62-65-68-71-74-77-89(94)101-80-86(92)81-103-108(97,98)104-82-87(93)83-105-109(99,100)106-85-88(107-91(96)79-76-73-70-67-64-61-58-53-30-27-24-21-18-15-12-9-6-3)84-102-90(95)78-75-72-69-66-63-60-57-55-51-49-34-32-29-26-23-20-17-14-11-8-5-2/h7-12,16-21,25-30,33-35,37-38,40-41,49,55,57-58,61,63,66,86-88,92-93H,4-6,13-15,22-24,31-32,36,39,42-48,50-54,56,59-60,62,64-65,67-85H2,1-3H3,(H,97,98)(H,99,100)/b10-7-,11-8-,12-9-,19-16-,20-17-,21-18-,28-25-,29-26-,30-27-,35-33-,38-37-,41-40-,49-34-,57-55-,61-58-,66-63-. The topological polar surface area (TPSA) is 231 Å². The third-order valence-corrected chi connectivity index (χ3v) is 18.7. The Morgan fingerprint density at radius 1 is 0.257 bits per heavy atom. The zero-order valence-electron chi connectivity index (χ0n) is 67.6. The molecular weight excluding hydrogens is 1410 g/mol. The summed E-state index contributed by atoms with van der Waals surface area (Å²) < 4.78 is 61.1. The quantitative estimate of drug-likeness (QED) is 0.0146. The van der Waals surface area contributed by atoms with Gasteiger partial charge in [-0.2, -0.15) is 0 Å². The molecule has 16 nitrogen and oxygen atoms in total. The SMILES string of the molecule is CC/C=C\C/C=C\C/C=C\C/C=C\C/C=C\C/C=C\CCCCCCCCCCCCCCCCCCC(=O)OCC(O)COP(=O)(O)OCC(O)COP(=O)(O)OCC(COC(=O)CCCC/C=C\C/C=C\C/C=C\C/C=C\C/C=C\C/C=C\CC)OC(=O)CCCCCC/C=C\C/C=C\C/C=C\C/C=C\CC. The van der Waals surface area contributed by atoms with E-state index in [9.17, 15) is 43.5 Å². The molecule has 0 aliphatic heterocycles. The summed E-state index contributed by atoms with van der Waals surface area (Å²) in [6.45, 7) is 2.25. The first-order valence-corrected chi connectivity index (χ1v) is 44.7. The number of hydrogen-bond donors (Lipinski definition) is 4. The number of aliphatic hydroxyl groups is 2. The van der Waals surface area contributed by atoms with Crippen LogP contribution < -0.4 is 0 Å². The number of phosphoric acid groups is 2. The second-order valence-electron chi connectivity index (χ2n) is 27.1. The molecule has 0 saturated carbocycles. The van der Waals surface area contributed by atoms with E-state index in [1.807, 2.05) is 0 Å². The number of ether oxygens (including phenoxy) is 3. The second kappa shape index (κ2) is 81.9. The van der Waals surface area contributed by atoms with Crippen LogP contribution >= 0.6 is 15.6 Å². The van der Waals surface area contributed by atoms with Gasteiger partial charge in [0.1, 0.15) is 25.4 Å². The van der Waals surface area contributed by atoms with Crippen molar-refractivity contribution < 1.29 is 75.8 Å². The van der Waals surface area contributed by atoms with Crippen molar-refractivity contribution in [3.63, 3.8) is 0 Å². The molecule has 0 aromatic heterocycles. The molecule has 4 N–H and O–H groups in total. The fraction of sp³-hybridized carbons (Fsp3) is 0.615. The molecule has 0 aliphatic rings. The van der Waals surface area contributed by atoms with E-state index in [2.05, 4.69) is 215 Å². The molecular formula is C91H148O16P2. The zero-order chi connectivity index (χ0) is 79.4. The maximum absolute atomic E-state index is 13.0. The van der Waals surface area contributed by atoms with Crippen LogP contribution in [0.5, 0.6) is 0 Å². The number of rotatable bonds is 77. The molecule has 5 unspecified atom stereocenters. The second-order valence-corrected chi connectivity index (χ2v) is 30.0. The minimum Gasteiger partial charge on any atom is -0.463 e. The Morgan fingerprint density at radius 2 is 0.459 bits per heavy atom. The summed E-state index contributed by atoms with van der Waals surface area (Å²) >= 11 is 0. The molecule has 0 aromatic rings. The van der Waals surface area contributed by atoms with Crippen LogP contribution in [0.15, 0.2) is 194 Å². The van der Waals surface area contributed by atoms with Gasteiger partial charge >= 0.3 is 33.6 Å². The number of phosphoric ester groups is 2. The Hall–Kier alpha value is -5.61. The minimum absolute atomic E-state index is 0.0597. The Balaban J connectivity index is 4.52. The average molecular weight is 1560 g/mol. The van der Waals surface area contributed by atoms with E-state index in [1.165, 1.54) is 83.5 Å². The van der Waals surface area contributed by atoms with E-state index in [1.54, 1.807) is 0 Å². The van der Waals surface area contributed by atoms with Crippen LogP contribution in [0.2, 0.25) is 0 Å². The molecule has 0 bridgehead atoms. The highest BCUT2D eigenvalue weighted by atomic mass is 31.2. The summed E-state index contributed by atoms with van der Waals surface area (Å²) in [5, 5.41) is 20.7. The van der Waals surface area contributed by atoms with Crippen molar-refractivity contribution in [3.05, 3.63) is 194 Å². The summed E-state index contributed by atoms with van der Waals surface area (Å²) in [6, 6.07) is 0. The van der Waals surface area contributed by atoms with Crippen molar-refractivity contribution in [2.75, 3.05) is 39.6 Å². The Bertz CT molecular complexity index is 2760. The first-order chi connectivity index (χ1) is 53.2. The number of esters is 3. The highest BCUT2D eigenvalue weighted by Gasteiger charge is 2.29. The van der Waals surface area contributed by atoms with Gasteiger partial charge in [-0.1, -0.05) is 318 Å². The van der Waals surface area contributed by atoms with Gasteiger partial charge in [0.25, 0.3) is 0 Å². The van der Waals surface area contributed by atoms with Crippen molar-refractivity contribution >= 4 is 33.6 Å². The molecule has 0 rings (SSSR count). The maximum atomic E-state index is 13.0. The first-order valence-electron chi connectivity index (χ1n) is 41.7. The fourth-order valence-electron chi connectivity index (χ4n) is 10.6. The van der Waals surface area contributed by atoms with Crippen molar-refractivity contribution in [2.45, 2.75) is 322 Å². The molecule has 0 radical (unpaired) electrons. The summed E-state index contributed by atoms with van der Waals surface area (Å²) in [5.41, 5.74) is 0. The summed E-state index contributed by atoms with van der Waals surface area (Å²) in [7, 11) is -9.83. The third kappa shape index (κ3) is 83.2. The van der Waals surface area contributed by atoms with Gasteiger partial charge in [0.2, 0.25) is 0 Å². The first kappa shape index (κ1) is 103. The molecule has 0 heterocycles. The molecule has 0 spiro atoms. The van der Waals surface area contributed by atoms with Crippen molar-refractivity contribution in [1.29, 1.82) is 0 Å². The van der Waals surface area contributed by atoms with Crippen molar-refractivity contribution in [1.82, 2.24) is 0 Å². The van der Waals surface area contributed by atoms with Crippen LogP contribution in [0.1, 0.15) is 303 Å². The summed E-state index contributed by atoms with van der Waals surface area (Å²) in [4.78, 5) is 58.7. The number of hydrogen-bond acceptors (Lipinski definition) is 14. The van der Waals surface area contributed by atoms with Crippen molar-refractivity contribution in [2.24, 2.45) is 0 Å². The van der Waals surface area contributed by atoms with E-state index in [-0.39, 0.29) is 19.3 Å². The van der Waals surface area contributed by atoms with E-state index in [0.29, 0.717) is 19.3 Å². The average Bonchev–Trinajstić information content (AvgIpc) is 0.912. The maximum Gasteiger partial charge on any atom is 0.472 e. The van der Waals surface area contributed by atoms with Gasteiger partial charge in [-0.3, -0.25) is 32.5 Å². The molecule has 0 aromatic carbocycles. The molecule has 109 heavy (non-hydrogen) atoms. The van der Waals surface area contributed by atoms with Crippen LogP contribution in [-0.2, 0) is 55.8 Å². The largest absolute Gasteiger partial charge is 0.472 e. The van der Waals surface area contributed by atoms with E-state index in [0.717, 1.165) is 161 Å². The normalized spacial score (nSPS) is 14.9. The van der Waals surface area contributed by atoms with Crippen LogP contribution in [0.3, 0.4) is 0 Å². The lowest BCUT2D eigenvalue weighted by Crippen LogP contribution is -2.30. The molecule has 18 heteroatoms. The Labute approximate surface area is 661 Å². The highest BCUT2D eigenvalue weighted by molar-refractivity contribution is 7.47. The third-order valence-electron chi connectivity index (χ3n) is 16.8. The monoisotopic (exact) mass is 1560 g/mol. The molecule has 0 amide bonds. The number of aliphatic hydroxyl groups excluding tert-OH is 2. The van der Waals surface area contributed by atoms with Crippen LogP contribution in [0.4, 0.5) is 0 Å². The van der Waals surface area contributed by atoms with Gasteiger partial charge in [0.05, 0.1) is 26.4 Å². The summed E-state index contributed by atoms with van der Waals surface area (Å²) in [6.07, 6.45) is 108. The summed E-state index contributed by atoms with van der Waals surface area (Å²) in [5.74, 6) is -1.66. The molecule has 618 valence electrons. The fourth-order valence-corrected chi connectivity index (χ4v) is 12.2. The lowest BCUT2D eigenvalue weighted by atomic mass is 10.0. The smallest absolute Gasteiger partial charge is 0.463 e. The molecule has 0 aliphatic carbocycles. The van der Waals surface area contributed by atoms with Gasteiger partial charge in [-0.25, -0.2) is 9.13 Å². The van der Waals surface area contributed by atoms with Gasteiger partial charge in [0.15, 0.2) is 6.10 Å². The molecule has 0 fully saturated rings. The Morgan fingerprint density at radius 3 is 0.743 bits per heavy atom. The van der Waals surface area contributed by atoms with E-state index >= 15 is 0 Å². The lowest BCUT2D eigenvalue weighted by Gasteiger charge is -2.21. The van der Waals surface area contributed by atoms with E-state index in [4.69, 9.17) is 32.3 Å². The minimum atomic E-state index is -4.96. The number of carbonyl (C=O) groups is 3. The van der Waals surface area contributed by atoms with Crippen LogP contribution in [-0.4, -0.2) is 95.9 Å². The lowest BCUT2D eigenvalue weighted by molar-refractivity contribution is -0.161. The predicted octanol–water partition coefficient (Wildman–Crippen LogP) is 25.1.